The van der Waals surface area contributed by atoms with Gasteiger partial charge in [-0.2, -0.15) is 0 Å². The first kappa shape index (κ1) is 13.1. The smallest absolute Gasteiger partial charge is 0.134 e. The second kappa shape index (κ2) is 5.21. The van der Waals surface area contributed by atoms with Crippen molar-refractivity contribution in [1.82, 2.24) is 0 Å². The Balaban J connectivity index is 1.84. The van der Waals surface area contributed by atoms with Crippen molar-refractivity contribution in [1.29, 1.82) is 0 Å². The lowest BCUT2D eigenvalue weighted by Gasteiger charge is -2.12. The molecule has 1 aromatic heterocycles. The number of aromatic hydroxyl groups is 1. The Morgan fingerprint density at radius 2 is 1.85 bits per heavy atom. The summed E-state index contributed by atoms with van der Waals surface area (Å²) >= 11 is 3.46. The standard InChI is InChI=1S/C16H14BrNO2/c1-10(18-13-3-5-14(19)6-4-13)16-9-11-8-12(17)2-7-15(11)20-16/h2-10,18-19H,1H3. The summed E-state index contributed by atoms with van der Waals surface area (Å²) in [6.07, 6.45) is 0. The van der Waals surface area contributed by atoms with Gasteiger partial charge in [-0.1, -0.05) is 15.9 Å². The zero-order valence-corrected chi connectivity index (χ0v) is 12.5. The normalized spacial score (nSPS) is 12.5. The van der Waals surface area contributed by atoms with Crippen molar-refractivity contribution >= 4 is 32.6 Å². The quantitative estimate of drug-likeness (QED) is 0.658. The molecular formula is C16H14BrNO2. The molecule has 2 N–H and O–H groups in total. The number of halogens is 1. The van der Waals surface area contributed by atoms with Gasteiger partial charge in [0, 0.05) is 15.5 Å². The lowest BCUT2D eigenvalue weighted by molar-refractivity contribution is 0.475. The van der Waals surface area contributed by atoms with E-state index in [0.29, 0.717) is 0 Å². The molecule has 4 heteroatoms. The van der Waals surface area contributed by atoms with Crippen molar-refractivity contribution < 1.29 is 9.52 Å². The maximum absolute atomic E-state index is 9.28. The monoisotopic (exact) mass is 331 g/mol. The Morgan fingerprint density at radius 1 is 1.10 bits per heavy atom. The predicted molar refractivity (Wildman–Crippen MR) is 84.1 cm³/mol. The summed E-state index contributed by atoms with van der Waals surface area (Å²) in [6.45, 7) is 2.04. The second-order valence-electron chi connectivity index (χ2n) is 4.74. The molecule has 3 aromatic rings. The molecule has 1 unspecified atom stereocenters. The minimum absolute atomic E-state index is 0.0470. The largest absolute Gasteiger partial charge is 0.508 e. The van der Waals surface area contributed by atoms with Gasteiger partial charge in [0.05, 0.1) is 6.04 Å². The van der Waals surface area contributed by atoms with Crippen LogP contribution in [0.4, 0.5) is 5.69 Å². The molecule has 3 nitrogen and oxygen atoms in total. The molecule has 0 aliphatic carbocycles. The van der Waals surface area contributed by atoms with Crippen molar-refractivity contribution in [3.63, 3.8) is 0 Å². The molecule has 0 aliphatic rings. The number of furan rings is 1. The molecule has 3 rings (SSSR count). The molecule has 0 aliphatic heterocycles. The number of phenolic OH excluding ortho intramolecular Hbond substituents is 1. The van der Waals surface area contributed by atoms with Crippen LogP contribution in [-0.2, 0) is 0 Å². The fraction of sp³-hybridized carbons (Fsp3) is 0.125. The van der Waals surface area contributed by atoms with Crippen LogP contribution in [0.25, 0.3) is 11.0 Å². The van der Waals surface area contributed by atoms with Crippen LogP contribution in [0.15, 0.2) is 57.4 Å². The first-order chi connectivity index (χ1) is 9.61. The molecule has 1 heterocycles. The molecule has 2 aromatic carbocycles. The number of phenols is 1. The molecule has 0 saturated carbocycles. The third-order valence-corrected chi connectivity index (χ3v) is 3.67. The third-order valence-electron chi connectivity index (χ3n) is 3.17. The van der Waals surface area contributed by atoms with E-state index in [4.69, 9.17) is 4.42 Å². The number of fused-ring (bicyclic) bond motifs is 1. The highest BCUT2D eigenvalue weighted by molar-refractivity contribution is 9.10. The van der Waals surface area contributed by atoms with E-state index in [0.717, 1.165) is 26.9 Å². The van der Waals surface area contributed by atoms with Crippen LogP contribution >= 0.6 is 15.9 Å². The fourth-order valence-electron chi connectivity index (χ4n) is 2.13. The Kier molecular flexibility index (Phi) is 3.40. The Labute approximate surface area is 125 Å². The van der Waals surface area contributed by atoms with Crippen LogP contribution in [0.3, 0.4) is 0 Å². The highest BCUT2D eigenvalue weighted by Crippen LogP contribution is 2.28. The van der Waals surface area contributed by atoms with Crippen molar-refractivity contribution in [3.8, 4) is 5.75 Å². The summed E-state index contributed by atoms with van der Waals surface area (Å²) in [5.74, 6) is 1.14. The highest BCUT2D eigenvalue weighted by atomic mass is 79.9. The fourth-order valence-corrected chi connectivity index (χ4v) is 2.51. The van der Waals surface area contributed by atoms with Crippen molar-refractivity contribution in [3.05, 3.63) is 58.8 Å². The van der Waals surface area contributed by atoms with Gasteiger partial charge in [0.15, 0.2) is 0 Å². The average Bonchev–Trinajstić information content (AvgIpc) is 2.84. The van der Waals surface area contributed by atoms with Gasteiger partial charge in [-0.25, -0.2) is 0 Å². The number of anilines is 1. The van der Waals surface area contributed by atoms with Gasteiger partial charge in [0.1, 0.15) is 17.1 Å². The zero-order chi connectivity index (χ0) is 14.1. The Hall–Kier alpha value is -1.94. The van der Waals surface area contributed by atoms with E-state index in [1.807, 2.05) is 43.3 Å². The van der Waals surface area contributed by atoms with Crippen molar-refractivity contribution in [2.45, 2.75) is 13.0 Å². The molecule has 0 bridgehead atoms. The maximum atomic E-state index is 9.28. The zero-order valence-electron chi connectivity index (χ0n) is 10.9. The number of benzene rings is 2. The summed E-state index contributed by atoms with van der Waals surface area (Å²) in [4.78, 5) is 0. The predicted octanol–water partition coefficient (Wildman–Crippen LogP) is 5.07. The lowest BCUT2D eigenvalue weighted by atomic mass is 10.2. The van der Waals surface area contributed by atoms with Crippen molar-refractivity contribution in [2.75, 3.05) is 5.32 Å². The van der Waals surface area contributed by atoms with Crippen LogP contribution < -0.4 is 5.32 Å². The topological polar surface area (TPSA) is 45.4 Å². The van der Waals surface area contributed by atoms with Gasteiger partial charge in [-0.05, 0) is 55.5 Å². The van der Waals surface area contributed by atoms with E-state index in [-0.39, 0.29) is 11.8 Å². The number of hydrogen-bond acceptors (Lipinski definition) is 3. The van der Waals surface area contributed by atoms with E-state index in [1.165, 1.54) is 0 Å². The van der Waals surface area contributed by atoms with Crippen molar-refractivity contribution in [2.24, 2.45) is 0 Å². The summed E-state index contributed by atoms with van der Waals surface area (Å²) in [5, 5.41) is 13.7. The Bertz CT molecular complexity index is 734. The molecule has 0 amide bonds. The van der Waals surface area contributed by atoms with E-state index in [1.54, 1.807) is 12.1 Å². The minimum atomic E-state index is 0.0470. The molecule has 0 fully saturated rings. The highest BCUT2D eigenvalue weighted by Gasteiger charge is 2.11. The third kappa shape index (κ3) is 2.65. The number of nitrogens with one attached hydrogen (secondary N) is 1. The van der Waals surface area contributed by atoms with Gasteiger partial charge >= 0.3 is 0 Å². The second-order valence-corrected chi connectivity index (χ2v) is 5.66. The van der Waals surface area contributed by atoms with Gasteiger partial charge < -0.3 is 14.8 Å². The van der Waals surface area contributed by atoms with Gasteiger partial charge in [0.2, 0.25) is 0 Å². The van der Waals surface area contributed by atoms with Gasteiger partial charge in [-0.3, -0.25) is 0 Å². The van der Waals surface area contributed by atoms with Crippen LogP contribution in [0, 0.1) is 0 Å². The minimum Gasteiger partial charge on any atom is -0.508 e. The SMILES string of the molecule is CC(Nc1ccc(O)cc1)c1cc2cc(Br)ccc2o1. The summed E-state index contributed by atoms with van der Waals surface area (Å²) < 4.78 is 6.89. The summed E-state index contributed by atoms with van der Waals surface area (Å²) in [6, 6.07) is 15.0. The number of hydrogen-bond donors (Lipinski definition) is 2. The van der Waals surface area contributed by atoms with Crippen LogP contribution in [0.5, 0.6) is 5.75 Å². The Morgan fingerprint density at radius 3 is 2.60 bits per heavy atom. The molecule has 1 atom stereocenters. The van der Waals surface area contributed by atoms with Gasteiger partial charge in [0.25, 0.3) is 0 Å². The van der Waals surface area contributed by atoms with E-state index < -0.39 is 0 Å². The molecule has 102 valence electrons. The first-order valence-corrected chi connectivity index (χ1v) is 7.16. The summed E-state index contributed by atoms with van der Waals surface area (Å²) in [7, 11) is 0. The number of rotatable bonds is 3. The molecule has 0 spiro atoms. The van der Waals surface area contributed by atoms with Crippen LogP contribution in [-0.4, -0.2) is 5.11 Å². The van der Waals surface area contributed by atoms with Crippen LogP contribution in [0.2, 0.25) is 0 Å². The molecule has 0 radical (unpaired) electrons. The van der Waals surface area contributed by atoms with Crippen LogP contribution in [0.1, 0.15) is 18.7 Å². The molecule has 0 saturated heterocycles. The van der Waals surface area contributed by atoms with E-state index in [2.05, 4.69) is 21.2 Å². The first-order valence-electron chi connectivity index (χ1n) is 6.36. The van der Waals surface area contributed by atoms with Gasteiger partial charge in [-0.15, -0.1) is 0 Å². The summed E-state index contributed by atoms with van der Waals surface area (Å²) in [5.41, 5.74) is 1.82. The average molecular weight is 332 g/mol. The molecule has 20 heavy (non-hydrogen) atoms. The molecular weight excluding hydrogens is 318 g/mol. The van der Waals surface area contributed by atoms with E-state index >= 15 is 0 Å². The maximum Gasteiger partial charge on any atom is 0.134 e. The van der Waals surface area contributed by atoms with E-state index in [9.17, 15) is 5.11 Å². The lowest BCUT2D eigenvalue weighted by Crippen LogP contribution is -2.04.